The van der Waals surface area contributed by atoms with Crippen LogP contribution in [-0.4, -0.2) is 13.0 Å². The molecule has 132 valence electrons. The number of allylic oxidation sites excluding steroid dienone is 3. The van der Waals surface area contributed by atoms with E-state index in [1.54, 1.807) is 25.3 Å². The number of methoxy groups -OCH3 is 1. The highest BCUT2D eigenvalue weighted by molar-refractivity contribution is 6.04. The van der Waals surface area contributed by atoms with E-state index in [0.29, 0.717) is 11.4 Å². The van der Waals surface area contributed by atoms with Gasteiger partial charge >= 0.3 is 0 Å². The van der Waals surface area contributed by atoms with Crippen LogP contribution in [0.2, 0.25) is 0 Å². The predicted octanol–water partition coefficient (Wildman–Crippen LogP) is 4.82. The van der Waals surface area contributed by atoms with Gasteiger partial charge in [0.2, 0.25) is 0 Å². The second-order valence-corrected chi connectivity index (χ2v) is 5.81. The van der Waals surface area contributed by atoms with E-state index in [4.69, 9.17) is 10.00 Å². The van der Waals surface area contributed by atoms with Crippen molar-refractivity contribution < 1.29 is 13.9 Å². The van der Waals surface area contributed by atoms with Crippen molar-refractivity contribution in [1.82, 2.24) is 0 Å². The molecule has 0 atom stereocenters. The predicted molar refractivity (Wildman–Crippen MR) is 100 cm³/mol. The zero-order chi connectivity index (χ0) is 19.3. The summed E-state index contributed by atoms with van der Waals surface area (Å²) in [6.07, 6.45) is 1.81. The summed E-state index contributed by atoms with van der Waals surface area (Å²) in [6, 6.07) is 10.7. The second-order valence-electron chi connectivity index (χ2n) is 5.81. The Bertz CT molecular complexity index is 940. The number of ether oxygens (including phenoxy) is 1. The van der Waals surface area contributed by atoms with E-state index in [1.165, 1.54) is 6.07 Å². The lowest BCUT2D eigenvalue weighted by molar-refractivity contribution is 0.102. The largest absolute Gasteiger partial charge is 0.501 e. The normalized spacial score (nSPS) is 10.8. The Morgan fingerprint density at radius 3 is 2.69 bits per heavy atom. The molecule has 0 saturated carbocycles. The summed E-state index contributed by atoms with van der Waals surface area (Å²) in [6.45, 7) is 7.79. The molecule has 1 N–H and O–H groups in total. The van der Waals surface area contributed by atoms with Crippen molar-refractivity contribution in [3.05, 3.63) is 82.9 Å². The van der Waals surface area contributed by atoms with E-state index in [9.17, 15) is 9.18 Å². The number of amides is 1. The van der Waals surface area contributed by atoms with E-state index < -0.39 is 11.7 Å². The molecule has 0 bridgehead atoms. The minimum atomic E-state index is -0.632. The smallest absolute Gasteiger partial charge is 0.255 e. The van der Waals surface area contributed by atoms with Crippen molar-refractivity contribution >= 4 is 17.2 Å². The Labute approximate surface area is 152 Å². The van der Waals surface area contributed by atoms with Crippen LogP contribution in [0.4, 0.5) is 10.1 Å². The monoisotopic (exact) mass is 350 g/mol. The van der Waals surface area contributed by atoms with Gasteiger partial charge in [-0.3, -0.25) is 4.79 Å². The highest BCUT2D eigenvalue weighted by Crippen LogP contribution is 2.24. The molecular weight excluding hydrogens is 331 g/mol. The van der Waals surface area contributed by atoms with Crippen LogP contribution in [0.1, 0.15) is 34.0 Å². The first kappa shape index (κ1) is 18.9. The number of nitrogens with one attached hydrogen (secondary N) is 1. The van der Waals surface area contributed by atoms with Crippen LogP contribution in [0.5, 0.6) is 0 Å². The van der Waals surface area contributed by atoms with Gasteiger partial charge < -0.3 is 10.1 Å². The fourth-order valence-electron chi connectivity index (χ4n) is 2.42. The van der Waals surface area contributed by atoms with Gasteiger partial charge in [-0.05, 0) is 67.0 Å². The lowest BCUT2D eigenvalue weighted by Gasteiger charge is -2.11. The van der Waals surface area contributed by atoms with Gasteiger partial charge in [0, 0.05) is 11.3 Å². The Balaban J connectivity index is 2.29. The molecule has 0 aromatic heterocycles. The van der Waals surface area contributed by atoms with Crippen LogP contribution >= 0.6 is 0 Å². The Morgan fingerprint density at radius 1 is 1.31 bits per heavy atom. The minimum Gasteiger partial charge on any atom is -0.501 e. The number of anilines is 1. The van der Waals surface area contributed by atoms with Crippen molar-refractivity contribution in [1.29, 1.82) is 5.26 Å². The number of halogens is 1. The number of carbonyl (C=O) groups is 1. The highest BCUT2D eigenvalue weighted by atomic mass is 19.1. The molecule has 2 aromatic carbocycles. The Morgan fingerprint density at radius 2 is 2.04 bits per heavy atom. The van der Waals surface area contributed by atoms with Gasteiger partial charge in [-0.2, -0.15) is 5.26 Å². The summed E-state index contributed by atoms with van der Waals surface area (Å²) in [5.74, 6) is -0.412. The van der Waals surface area contributed by atoms with Gasteiger partial charge in [0.15, 0.2) is 0 Å². The van der Waals surface area contributed by atoms with Crippen LogP contribution in [0.15, 0.2) is 54.8 Å². The molecule has 2 aromatic rings. The first-order valence-corrected chi connectivity index (χ1v) is 7.88. The molecule has 4 nitrogen and oxygen atoms in total. The van der Waals surface area contributed by atoms with Gasteiger partial charge in [-0.15, -0.1) is 0 Å². The van der Waals surface area contributed by atoms with Crippen LogP contribution in [0, 0.1) is 24.1 Å². The molecule has 0 spiro atoms. The lowest BCUT2D eigenvalue weighted by Crippen LogP contribution is -2.12. The topological polar surface area (TPSA) is 62.1 Å². The molecule has 2 rings (SSSR count). The highest BCUT2D eigenvalue weighted by Gasteiger charge is 2.11. The van der Waals surface area contributed by atoms with Gasteiger partial charge in [0.05, 0.1) is 24.5 Å². The summed E-state index contributed by atoms with van der Waals surface area (Å²) in [5, 5.41) is 11.6. The Kier molecular flexibility index (Phi) is 5.92. The van der Waals surface area contributed by atoms with Crippen molar-refractivity contribution in [3.63, 3.8) is 0 Å². The number of benzene rings is 2. The van der Waals surface area contributed by atoms with Gasteiger partial charge in [-0.25, -0.2) is 4.39 Å². The first-order chi connectivity index (χ1) is 12.3. The average molecular weight is 350 g/mol. The van der Waals surface area contributed by atoms with Gasteiger partial charge in [0.25, 0.3) is 5.91 Å². The van der Waals surface area contributed by atoms with E-state index in [-0.39, 0.29) is 11.1 Å². The fourth-order valence-corrected chi connectivity index (χ4v) is 2.42. The van der Waals surface area contributed by atoms with E-state index in [0.717, 1.165) is 28.8 Å². The van der Waals surface area contributed by atoms with Crippen molar-refractivity contribution in [2.75, 3.05) is 12.4 Å². The molecule has 0 aliphatic heterocycles. The maximum absolute atomic E-state index is 13.5. The number of rotatable bonds is 5. The molecule has 0 unspecified atom stereocenters. The maximum atomic E-state index is 13.5. The standard InChI is InChI=1S/C21H19FN2O2/c1-13-5-6-19(11-20(13)14(2)7-15(3)26-4)24-21(25)17-8-16(12-23)9-18(22)10-17/h5-11H,2H2,1,3-4H3,(H,24,25)/b15-7-. The molecule has 1 amide bonds. The number of carbonyl (C=O) groups excluding carboxylic acids is 1. The zero-order valence-corrected chi connectivity index (χ0v) is 14.9. The molecule has 0 aliphatic carbocycles. The average Bonchev–Trinajstić information content (AvgIpc) is 2.62. The minimum absolute atomic E-state index is 0.0811. The second kappa shape index (κ2) is 8.13. The molecule has 0 aliphatic rings. The third-order valence-electron chi connectivity index (χ3n) is 3.83. The zero-order valence-electron chi connectivity index (χ0n) is 14.9. The van der Waals surface area contributed by atoms with Crippen molar-refractivity contribution in [3.8, 4) is 6.07 Å². The van der Waals surface area contributed by atoms with Crippen LogP contribution in [-0.2, 0) is 4.74 Å². The number of aryl methyl sites for hydroxylation is 1. The van der Waals surface area contributed by atoms with Crippen molar-refractivity contribution in [2.45, 2.75) is 13.8 Å². The molecule has 0 radical (unpaired) electrons. The summed E-state index contributed by atoms with van der Waals surface area (Å²) >= 11 is 0. The summed E-state index contributed by atoms with van der Waals surface area (Å²) in [7, 11) is 1.58. The summed E-state index contributed by atoms with van der Waals surface area (Å²) < 4.78 is 18.7. The number of hydrogen-bond donors (Lipinski definition) is 1. The molecular formula is C21H19FN2O2. The summed E-state index contributed by atoms with van der Waals surface area (Å²) in [4.78, 5) is 12.4. The van der Waals surface area contributed by atoms with Crippen LogP contribution in [0.3, 0.4) is 0 Å². The van der Waals surface area contributed by atoms with E-state index in [2.05, 4.69) is 11.9 Å². The third kappa shape index (κ3) is 4.58. The molecule has 0 heterocycles. The molecule has 0 saturated heterocycles. The molecule has 0 fully saturated rings. The SMILES string of the molecule is C=C(/C=C(/C)OC)c1cc(NC(=O)c2cc(F)cc(C#N)c2)ccc1C. The number of hydrogen-bond acceptors (Lipinski definition) is 3. The summed E-state index contributed by atoms with van der Waals surface area (Å²) in [5.41, 5.74) is 3.31. The maximum Gasteiger partial charge on any atom is 0.255 e. The number of nitrogens with zero attached hydrogens (tertiary/aromatic N) is 1. The third-order valence-corrected chi connectivity index (χ3v) is 3.83. The number of nitriles is 1. The van der Waals surface area contributed by atoms with Crippen molar-refractivity contribution in [2.24, 2.45) is 0 Å². The fraction of sp³-hybridized carbons (Fsp3) is 0.143. The quantitative estimate of drug-likeness (QED) is 0.621. The van der Waals surface area contributed by atoms with Crippen LogP contribution in [0.25, 0.3) is 5.57 Å². The Hall–Kier alpha value is -3.39. The van der Waals surface area contributed by atoms with Crippen LogP contribution < -0.4 is 5.32 Å². The molecule has 26 heavy (non-hydrogen) atoms. The first-order valence-electron chi connectivity index (χ1n) is 7.88. The van der Waals surface area contributed by atoms with Gasteiger partial charge in [-0.1, -0.05) is 12.6 Å². The molecule has 5 heteroatoms. The van der Waals surface area contributed by atoms with E-state index >= 15 is 0 Å². The van der Waals surface area contributed by atoms with Gasteiger partial charge in [0.1, 0.15) is 5.82 Å². The lowest BCUT2D eigenvalue weighted by atomic mass is 10.00. The van der Waals surface area contributed by atoms with E-state index in [1.807, 2.05) is 26.0 Å².